The average Bonchev–Trinajstić information content (AvgIpc) is 1.55. The molecule has 24 heteroatoms. The number of carbonyl (C=O) groups excluding carboxylic acids is 4. The predicted molar refractivity (Wildman–Crippen MR) is 356 cm³/mol. The van der Waals surface area contributed by atoms with E-state index in [1.807, 2.05) is 101 Å². The van der Waals surface area contributed by atoms with E-state index < -0.39 is 88.1 Å². The van der Waals surface area contributed by atoms with Gasteiger partial charge in [0.05, 0.1) is 24.3 Å². The molecule has 0 saturated heterocycles. The Balaban J connectivity index is 0.000000121. The van der Waals surface area contributed by atoms with Gasteiger partial charge < -0.3 is 24.1 Å². The van der Waals surface area contributed by atoms with E-state index in [-0.39, 0.29) is 50.6 Å². The summed E-state index contributed by atoms with van der Waals surface area (Å²) >= 11 is 0. The normalized spacial score (nSPS) is 26.1. The monoisotopic (exact) mass is 1400 g/mol. The van der Waals surface area contributed by atoms with E-state index in [9.17, 15) is 49.9 Å². The standard InChI is InChI=1S/C20H22F2N2O3.C19H19F3N2O2.C19H20F2N2O2.C19H22N2O2/c1-18(2)14-8-9-19(18,15-7-5-4-6-12(14)15)27-17(26)13-10-23-24(3)16(13)20(21,22)11-25;1-17(2)13-8-9-18(17,14-7-5-4-6-11(13)14)26-16(25)12-10-23-24(3)15(12)19(20,21)22;1-18(2)13-8-9-19(18,14-7-5-4-6-11(13)14)25-17(24)12-10-22-23(3)15(12)16(20)21;1-12-14(11-21(4)20-12)17(22)23-19-10-9-15(18(19,2)3)13-7-5-6-8-16(13)19/h4-7,10,14,25H,8-9,11H2,1-3H3;4-7,10,13H,8-9H2,1-3H3;4-7,10,13,16H,8-9H2,1-3H3;5-8,11,15H,9-10H2,1-4H3. The summed E-state index contributed by atoms with van der Waals surface area (Å²) in [4.78, 5) is 51.4. The van der Waals surface area contributed by atoms with E-state index in [0.717, 1.165) is 88.7 Å². The first-order valence-electron chi connectivity index (χ1n) is 34.1. The van der Waals surface area contributed by atoms with Crippen LogP contribution in [0, 0.1) is 28.6 Å². The molecule has 8 aromatic rings. The molecule has 4 heterocycles. The highest BCUT2D eigenvalue weighted by Gasteiger charge is 2.69. The average molecular weight is 1400 g/mol. The summed E-state index contributed by atoms with van der Waals surface area (Å²) < 4.78 is 123. The maximum atomic E-state index is 14.2. The molecule has 16 rings (SSSR count). The predicted octanol–water partition coefficient (Wildman–Crippen LogP) is 15.9. The Bertz CT molecular complexity index is 4640. The molecule has 0 radical (unpaired) electrons. The van der Waals surface area contributed by atoms with Crippen LogP contribution in [0.2, 0.25) is 0 Å². The van der Waals surface area contributed by atoms with Gasteiger partial charge in [-0.05, 0) is 126 Å². The molecule has 8 atom stereocenters. The number of alkyl halides is 7. The van der Waals surface area contributed by atoms with Gasteiger partial charge >= 0.3 is 36.0 Å². The van der Waals surface area contributed by atoms with Crippen LogP contribution in [0.5, 0.6) is 0 Å². The smallest absolute Gasteiger partial charge is 0.433 e. The molecule has 4 saturated carbocycles. The number of benzene rings is 4. The fourth-order valence-electron chi connectivity index (χ4n) is 19.5. The van der Waals surface area contributed by atoms with Crippen LogP contribution in [0.4, 0.5) is 30.7 Å². The second-order valence-electron chi connectivity index (χ2n) is 30.6. The number of fused-ring (bicyclic) bond motifs is 20. The van der Waals surface area contributed by atoms with Gasteiger partial charge in [0.2, 0.25) is 0 Å². The van der Waals surface area contributed by atoms with E-state index in [0.29, 0.717) is 47.0 Å². The minimum Gasteiger partial charge on any atom is -0.450 e. The lowest BCUT2D eigenvalue weighted by Gasteiger charge is -2.38. The number of nitrogens with zero attached hydrogens (tertiary/aromatic N) is 8. The van der Waals surface area contributed by atoms with Crippen LogP contribution in [0.25, 0.3) is 0 Å². The fraction of sp³-hybridized carbons (Fsp3) is 0.481. The van der Waals surface area contributed by atoms with Crippen molar-refractivity contribution in [3.63, 3.8) is 0 Å². The molecule has 4 fully saturated rings. The summed E-state index contributed by atoms with van der Waals surface area (Å²) in [5.74, 6) is -5.14. The van der Waals surface area contributed by atoms with E-state index in [4.69, 9.17) is 24.1 Å². The van der Waals surface area contributed by atoms with Gasteiger partial charge in [0.25, 0.3) is 6.43 Å². The Morgan fingerprint density at radius 2 is 0.772 bits per heavy atom. The number of carbonyl (C=O) groups is 4. The number of ether oxygens (including phenoxy) is 4. The third-order valence-electron chi connectivity index (χ3n) is 24.7. The van der Waals surface area contributed by atoms with Gasteiger partial charge in [-0.2, -0.15) is 42.3 Å². The molecule has 17 nitrogen and oxygen atoms in total. The topological polar surface area (TPSA) is 197 Å². The summed E-state index contributed by atoms with van der Waals surface area (Å²) in [6.07, 6.45) is 4.04. The molecule has 101 heavy (non-hydrogen) atoms. The number of rotatable bonds is 11. The van der Waals surface area contributed by atoms with Gasteiger partial charge in [0.1, 0.15) is 62.7 Å². The molecule has 0 amide bonds. The van der Waals surface area contributed by atoms with Crippen molar-refractivity contribution in [1.29, 1.82) is 0 Å². The highest BCUT2D eigenvalue weighted by molar-refractivity contribution is 5.93. The Labute approximate surface area is 580 Å². The molecule has 4 aromatic carbocycles. The number of hydrogen-bond acceptors (Lipinski definition) is 13. The van der Waals surface area contributed by atoms with Gasteiger partial charge in [0, 0.05) is 56.0 Å². The SMILES string of the molecule is Cc1nn(C)cc1C(=O)OC12CCC(c3ccccc31)C2(C)C.Cn1ncc(C(=O)OC23CCC(c4ccccc42)C3(C)C)c1C(F)(F)CO.Cn1ncc(C(=O)OC23CCC(c4ccccc42)C3(C)C)c1C(F)(F)F.Cn1ncc(C(=O)OC23CCC(c4ccccc42)C3(C)C)c1C(F)F. The lowest BCUT2D eigenvalue weighted by Crippen LogP contribution is -2.40. The molecule has 0 spiro atoms. The summed E-state index contributed by atoms with van der Waals surface area (Å²) in [5.41, 5.74) is 2.89. The first-order valence-corrected chi connectivity index (χ1v) is 34.1. The second-order valence-corrected chi connectivity index (χ2v) is 30.6. The Morgan fingerprint density at radius 3 is 1.09 bits per heavy atom. The molecule has 1 N–H and O–H groups in total. The lowest BCUT2D eigenvalue weighted by atomic mass is 9.76. The maximum Gasteiger partial charge on any atom is 0.433 e. The maximum absolute atomic E-state index is 14.2. The van der Waals surface area contributed by atoms with Gasteiger partial charge in [0.15, 0.2) is 5.69 Å². The number of aliphatic hydroxyl groups excluding tert-OH is 1. The van der Waals surface area contributed by atoms with E-state index >= 15 is 0 Å². The first kappa shape index (κ1) is 70.5. The third kappa shape index (κ3) is 10.3. The zero-order chi connectivity index (χ0) is 72.9. The van der Waals surface area contributed by atoms with Crippen molar-refractivity contribution in [2.45, 2.75) is 178 Å². The van der Waals surface area contributed by atoms with Gasteiger partial charge in [-0.15, -0.1) is 0 Å². The zero-order valence-electron chi connectivity index (χ0n) is 58.7. The summed E-state index contributed by atoms with van der Waals surface area (Å²) in [6, 6.07) is 32.0. The molecular weight excluding hydrogens is 1310 g/mol. The highest BCUT2D eigenvalue weighted by atomic mass is 19.4. The summed E-state index contributed by atoms with van der Waals surface area (Å²) in [7, 11) is 5.70. The van der Waals surface area contributed by atoms with Crippen LogP contribution in [0.15, 0.2) is 122 Å². The van der Waals surface area contributed by atoms with Crippen molar-refractivity contribution in [1.82, 2.24) is 39.1 Å². The second kappa shape index (κ2) is 24.1. The van der Waals surface area contributed by atoms with Crippen molar-refractivity contribution < 1.29 is 74.0 Å². The number of aryl methyl sites for hydroxylation is 5. The van der Waals surface area contributed by atoms with Crippen LogP contribution in [-0.2, 0) is 81.6 Å². The van der Waals surface area contributed by atoms with Crippen LogP contribution in [-0.4, -0.2) is 74.7 Å². The zero-order valence-corrected chi connectivity index (χ0v) is 58.7. The van der Waals surface area contributed by atoms with Crippen molar-refractivity contribution >= 4 is 23.9 Å². The molecule has 534 valence electrons. The fourth-order valence-corrected chi connectivity index (χ4v) is 19.5. The molecule has 8 bridgehead atoms. The quantitative estimate of drug-likeness (QED) is 0.0730. The van der Waals surface area contributed by atoms with E-state index in [1.54, 1.807) is 10.9 Å². The van der Waals surface area contributed by atoms with Gasteiger partial charge in [-0.1, -0.05) is 152 Å². The molecular formula is C77H83F7N8O9. The van der Waals surface area contributed by atoms with Crippen molar-refractivity contribution in [3.05, 3.63) is 211 Å². The molecule has 0 aliphatic heterocycles. The Hall–Kier alpha value is -8.93. The molecule has 8 aliphatic carbocycles. The minimum absolute atomic E-state index is 0.0809. The van der Waals surface area contributed by atoms with E-state index in [2.05, 4.69) is 86.2 Å². The summed E-state index contributed by atoms with van der Waals surface area (Å²) in [5, 5.41) is 24.5. The molecule has 8 aliphatic rings. The van der Waals surface area contributed by atoms with Crippen molar-refractivity contribution in [2.24, 2.45) is 49.9 Å². The Morgan fingerprint density at radius 1 is 0.475 bits per heavy atom. The minimum atomic E-state index is -4.68. The number of aromatic nitrogens is 8. The number of halogens is 7. The lowest BCUT2D eigenvalue weighted by molar-refractivity contribution is -0.144. The van der Waals surface area contributed by atoms with Crippen molar-refractivity contribution in [2.75, 3.05) is 6.61 Å². The Kier molecular flexibility index (Phi) is 16.8. The first-order chi connectivity index (χ1) is 47.4. The number of esters is 4. The third-order valence-corrected chi connectivity index (χ3v) is 24.7. The highest BCUT2D eigenvalue weighted by Crippen LogP contribution is 2.72. The number of aliphatic hydroxyl groups is 1. The number of hydrogen-bond donors (Lipinski definition) is 1. The molecule has 4 aromatic heterocycles. The van der Waals surface area contributed by atoms with Gasteiger partial charge in [-0.3, -0.25) is 18.7 Å². The van der Waals surface area contributed by atoms with Gasteiger partial charge in [-0.25, -0.2) is 28.0 Å². The van der Waals surface area contributed by atoms with Crippen LogP contribution >= 0.6 is 0 Å². The summed E-state index contributed by atoms with van der Waals surface area (Å²) in [6.45, 7) is 17.2. The molecule has 8 unspecified atom stereocenters. The van der Waals surface area contributed by atoms with Crippen molar-refractivity contribution in [3.8, 4) is 0 Å². The van der Waals surface area contributed by atoms with Crippen LogP contribution in [0.3, 0.4) is 0 Å². The van der Waals surface area contributed by atoms with E-state index in [1.165, 1.54) is 37.0 Å². The largest absolute Gasteiger partial charge is 0.450 e. The van der Waals surface area contributed by atoms with Crippen LogP contribution in [0.1, 0.15) is 246 Å². The van der Waals surface area contributed by atoms with Crippen LogP contribution < -0.4 is 0 Å².